The molecule has 0 saturated carbocycles. The summed E-state index contributed by atoms with van der Waals surface area (Å²) >= 11 is 0. The Morgan fingerprint density at radius 2 is 1.63 bits per heavy atom. The highest BCUT2D eigenvalue weighted by molar-refractivity contribution is 6.03. The molecule has 4 aromatic rings. The van der Waals surface area contributed by atoms with E-state index >= 15 is 0 Å². The fourth-order valence-corrected chi connectivity index (χ4v) is 2.99. The van der Waals surface area contributed by atoms with Crippen molar-refractivity contribution in [2.75, 3.05) is 0 Å². The Morgan fingerprint density at radius 3 is 2.33 bits per heavy atom. The van der Waals surface area contributed by atoms with Crippen molar-refractivity contribution in [3.63, 3.8) is 0 Å². The maximum atomic E-state index is 13.8. The van der Waals surface area contributed by atoms with E-state index in [4.69, 9.17) is 4.42 Å². The van der Waals surface area contributed by atoms with Gasteiger partial charge in [0.05, 0.1) is 18.1 Å². The normalized spacial score (nSPS) is 11.4. The van der Waals surface area contributed by atoms with Crippen molar-refractivity contribution in [2.24, 2.45) is 0 Å². The van der Waals surface area contributed by atoms with Crippen LogP contribution in [0, 0.1) is 17.5 Å². The van der Waals surface area contributed by atoms with Gasteiger partial charge >= 0.3 is 5.63 Å². The van der Waals surface area contributed by atoms with Gasteiger partial charge in [0.1, 0.15) is 17.0 Å². The molecule has 8 heteroatoms. The van der Waals surface area contributed by atoms with Crippen LogP contribution in [-0.4, -0.2) is 9.67 Å². The minimum Gasteiger partial charge on any atom is -0.507 e. The van der Waals surface area contributed by atoms with Crippen LogP contribution >= 0.6 is 0 Å². The van der Waals surface area contributed by atoms with Gasteiger partial charge in [0, 0.05) is 11.5 Å². The minimum absolute atomic E-state index is 0.0375. The highest BCUT2D eigenvalue weighted by atomic mass is 19.2. The summed E-state index contributed by atoms with van der Waals surface area (Å²) in [6.45, 7) is -0.102. The number of aromatic hydroxyl groups is 1. The zero-order valence-corrected chi connectivity index (χ0v) is 13.5. The predicted octanol–water partition coefficient (Wildman–Crippen LogP) is 3.28. The van der Waals surface area contributed by atoms with Gasteiger partial charge in [-0.3, -0.25) is 4.79 Å². The first-order chi connectivity index (χ1) is 12.8. The topological polar surface area (TPSA) is 72.4 Å². The summed E-state index contributed by atoms with van der Waals surface area (Å²) < 4.78 is 46.8. The quantitative estimate of drug-likeness (QED) is 0.548. The summed E-state index contributed by atoms with van der Waals surface area (Å²) in [5, 5.41) is 9.66. The molecule has 0 atom stereocenters. The Balaban J connectivity index is 2.14. The molecule has 0 aliphatic rings. The molecule has 136 valence electrons. The van der Waals surface area contributed by atoms with Crippen molar-refractivity contribution in [3.8, 4) is 5.75 Å². The SMILES string of the molecule is O=c1cc(O)c2c(=O)n(Cc3ccc(F)cc3)c3cc(F)c(F)cc3c2o1. The summed E-state index contributed by atoms with van der Waals surface area (Å²) in [5.74, 6) is -3.51. The van der Waals surface area contributed by atoms with Crippen molar-refractivity contribution in [3.05, 3.63) is 86.3 Å². The molecule has 0 fully saturated rings. The highest BCUT2D eigenvalue weighted by Gasteiger charge is 2.19. The number of hydrogen-bond acceptors (Lipinski definition) is 4. The second-order valence-corrected chi connectivity index (χ2v) is 5.96. The lowest BCUT2D eigenvalue weighted by Crippen LogP contribution is -2.22. The van der Waals surface area contributed by atoms with E-state index in [-0.39, 0.29) is 28.4 Å². The highest BCUT2D eigenvalue weighted by Crippen LogP contribution is 2.28. The van der Waals surface area contributed by atoms with Crippen LogP contribution in [0.15, 0.2) is 56.5 Å². The van der Waals surface area contributed by atoms with Crippen LogP contribution < -0.4 is 11.2 Å². The Morgan fingerprint density at radius 1 is 0.963 bits per heavy atom. The third kappa shape index (κ3) is 2.75. The van der Waals surface area contributed by atoms with Crippen LogP contribution in [0.2, 0.25) is 0 Å². The second-order valence-electron chi connectivity index (χ2n) is 5.96. The van der Waals surface area contributed by atoms with Crippen LogP contribution in [-0.2, 0) is 6.54 Å². The molecule has 0 unspecified atom stereocenters. The maximum absolute atomic E-state index is 13.8. The molecule has 2 aromatic carbocycles. The van der Waals surface area contributed by atoms with Crippen LogP contribution in [0.4, 0.5) is 13.2 Å². The number of halogens is 3. The Kier molecular flexibility index (Phi) is 3.76. The van der Waals surface area contributed by atoms with E-state index in [1.165, 1.54) is 24.3 Å². The summed E-state index contributed by atoms with van der Waals surface area (Å²) in [6, 6.07) is 7.57. The van der Waals surface area contributed by atoms with Crippen molar-refractivity contribution in [1.82, 2.24) is 4.57 Å². The standard InChI is InChI=1S/C19H10F3NO4/c20-10-3-1-9(2-4-10)8-23-14-6-13(22)12(21)5-11(14)18-17(19(23)26)15(24)7-16(25)27-18/h1-7,24H,8H2. The number of fused-ring (bicyclic) bond motifs is 3. The number of pyridine rings is 1. The van der Waals surface area contributed by atoms with E-state index in [0.717, 1.165) is 22.8 Å². The molecule has 0 aliphatic heterocycles. The van der Waals surface area contributed by atoms with Gasteiger partial charge in [-0.25, -0.2) is 18.0 Å². The molecule has 2 aromatic heterocycles. The zero-order valence-electron chi connectivity index (χ0n) is 13.5. The Hall–Kier alpha value is -3.55. The number of hydrogen-bond donors (Lipinski definition) is 1. The molecule has 4 rings (SSSR count). The molecule has 0 radical (unpaired) electrons. The summed E-state index contributed by atoms with van der Waals surface area (Å²) in [4.78, 5) is 24.5. The van der Waals surface area contributed by atoms with Gasteiger partial charge in [0.15, 0.2) is 17.2 Å². The summed E-state index contributed by atoms with van der Waals surface area (Å²) in [5.41, 5.74) is -1.57. The van der Waals surface area contributed by atoms with Crippen molar-refractivity contribution >= 4 is 21.9 Å². The van der Waals surface area contributed by atoms with E-state index in [9.17, 15) is 27.9 Å². The number of nitrogens with zero attached hydrogens (tertiary/aromatic N) is 1. The van der Waals surface area contributed by atoms with Gasteiger partial charge in [-0.1, -0.05) is 12.1 Å². The third-order valence-corrected chi connectivity index (χ3v) is 4.23. The monoisotopic (exact) mass is 373 g/mol. The lowest BCUT2D eigenvalue weighted by atomic mass is 10.1. The smallest absolute Gasteiger partial charge is 0.339 e. The van der Waals surface area contributed by atoms with Crippen LogP contribution in [0.25, 0.3) is 21.9 Å². The van der Waals surface area contributed by atoms with Crippen molar-refractivity contribution in [2.45, 2.75) is 6.54 Å². The van der Waals surface area contributed by atoms with Gasteiger partial charge in [-0.05, 0) is 23.8 Å². The number of rotatable bonds is 2. The first-order valence-corrected chi connectivity index (χ1v) is 7.78. The number of aromatic nitrogens is 1. The first kappa shape index (κ1) is 16.9. The van der Waals surface area contributed by atoms with Crippen LogP contribution in [0.1, 0.15) is 5.56 Å². The molecular weight excluding hydrogens is 363 g/mol. The molecule has 0 spiro atoms. The maximum Gasteiger partial charge on any atom is 0.339 e. The molecule has 5 nitrogen and oxygen atoms in total. The zero-order chi connectivity index (χ0) is 19.3. The van der Waals surface area contributed by atoms with E-state index in [2.05, 4.69) is 0 Å². The predicted molar refractivity (Wildman–Crippen MR) is 91.3 cm³/mol. The van der Waals surface area contributed by atoms with Gasteiger partial charge in [-0.2, -0.15) is 0 Å². The average molecular weight is 373 g/mol. The van der Waals surface area contributed by atoms with Gasteiger partial charge in [0.25, 0.3) is 5.56 Å². The minimum atomic E-state index is -1.21. The summed E-state index contributed by atoms with van der Waals surface area (Å²) in [6.07, 6.45) is 0. The molecule has 0 bridgehead atoms. The largest absolute Gasteiger partial charge is 0.507 e. The van der Waals surface area contributed by atoms with Crippen LogP contribution in [0.3, 0.4) is 0 Å². The molecule has 0 saturated heterocycles. The van der Waals surface area contributed by atoms with E-state index in [0.29, 0.717) is 5.56 Å². The van der Waals surface area contributed by atoms with Crippen molar-refractivity contribution < 1.29 is 22.7 Å². The molecule has 27 heavy (non-hydrogen) atoms. The fourth-order valence-electron chi connectivity index (χ4n) is 2.99. The van der Waals surface area contributed by atoms with Crippen LogP contribution in [0.5, 0.6) is 5.75 Å². The molecule has 2 heterocycles. The van der Waals surface area contributed by atoms with Gasteiger partial charge in [0.2, 0.25) is 0 Å². The van der Waals surface area contributed by atoms with E-state index in [1.54, 1.807) is 0 Å². The summed E-state index contributed by atoms with van der Waals surface area (Å²) in [7, 11) is 0. The molecule has 1 N–H and O–H groups in total. The third-order valence-electron chi connectivity index (χ3n) is 4.23. The second kappa shape index (κ2) is 6.01. The molecule has 0 aliphatic carbocycles. The number of benzene rings is 2. The first-order valence-electron chi connectivity index (χ1n) is 7.78. The molecular formula is C19H10F3NO4. The lowest BCUT2D eigenvalue weighted by molar-refractivity contribution is 0.467. The Bertz CT molecular complexity index is 1320. The fraction of sp³-hybridized carbons (Fsp3) is 0.0526. The van der Waals surface area contributed by atoms with Crippen molar-refractivity contribution in [1.29, 1.82) is 0 Å². The van der Waals surface area contributed by atoms with E-state index < -0.39 is 34.4 Å². The van der Waals surface area contributed by atoms with E-state index in [1.807, 2.05) is 0 Å². The van der Waals surface area contributed by atoms with Gasteiger partial charge < -0.3 is 14.1 Å². The molecule has 0 amide bonds. The average Bonchev–Trinajstić information content (AvgIpc) is 2.61. The lowest BCUT2D eigenvalue weighted by Gasteiger charge is -2.13. The Labute approximate surface area is 148 Å². The van der Waals surface area contributed by atoms with Gasteiger partial charge in [-0.15, -0.1) is 0 Å².